The first kappa shape index (κ1) is 27.9. The van der Waals surface area contributed by atoms with Crippen molar-refractivity contribution in [3.05, 3.63) is 21.8 Å². The van der Waals surface area contributed by atoms with Gasteiger partial charge in [0.2, 0.25) is 0 Å². The van der Waals surface area contributed by atoms with Crippen LogP contribution in [-0.2, 0) is 19.0 Å². The number of hydrogen-bond acceptors (Lipinski definition) is 4. The molecule has 174 valence electrons. The summed E-state index contributed by atoms with van der Waals surface area (Å²) in [5.41, 5.74) is 1.25. The quantitative estimate of drug-likeness (QED) is 0.0830. The fraction of sp³-hybridized carbons (Fsp3) is 0.792. The van der Waals surface area contributed by atoms with Gasteiger partial charge in [0, 0.05) is 14.7 Å². The van der Waals surface area contributed by atoms with Crippen LogP contribution in [0.4, 0.5) is 0 Å². The van der Waals surface area contributed by atoms with Crippen LogP contribution in [0.15, 0.2) is 21.8 Å². The van der Waals surface area contributed by atoms with Crippen molar-refractivity contribution < 1.29 is 19.0 Å². The van der Waals surface area contributed by atoms with E-state index in [0.29, 0.717) is 19.3 Å². The molecule has 3 atom stereocenters. The minimum atomic E-state index is -2.27. The van der Waals surface area contributed by atoms with Crippen LogP contribution in [0.25, 0.3) is 0 Å². The molecule has 1 heterocycles. The number of carbonyl (C=O) groups excluding carboxylic acids is 1. The van der Waals surface area contributed by atoms with E-state index in [0.717, 1.165) is 32.3 Å². The van der Waals surface area contributed by atoms with Gasteiger partial charge in [-0.3, -0.25) is 0 Å². The van der Waals surface area contributed by atoms with Crippen LogP contribution in [-0.4, -0.2) is 58.5 Å². The second-order valence-corrected chi connectivity index (χ2v) is 31.6. The molecule has 0 aromatic rings. The Kier molecular flexibility index (Phi) is 11.9. The molecular formula is C24H46O4SiSn. The molecule has 0 aromatic carbocycles. The average molecular weight is 545 g/mol. The fourth-order valence-electron chi connectivity index (χ4n) is 3.54. The van der Waals surface area contributed by atoms with Crippen molar-refractivity contribution in [2.75, 3.05) is 20.0 Å². The molecule has 2 unspecified atom stereocenters. The van der Waals surface area contributed by atoms with Crippen LogP contribution in [0, 0.1) is 11.8 Å². The number of rotatable bonds is 14. The van der Waals surface area contributed by atoms with Crippen LogP contribution in [0.5, 0.6) is 0 Å². The second-order valence-electron chi connectivity index (χ2n) is 11.3. The van der Waals surface area contributed by atoms with Gasteiger partial charge in [-0.05, 0) is 6.04 Å². The van der Waals surface area contributed by atoms with E-state index in [2.05, 4.69) is 61.0 Å². The summed E-state index contributed by atoms with van der Waals surface area (Å²) in [6.45, 7) is 17.5. The maximum absolute atomic E-state index is 12.3. The molecule has 0 aromatic heterocycles. The Balaban J connectivity index is 2.23. The normalized spacial score (nSPS) is 21.6. The first-order chi connectivity index (χ1) is 13.8. The third-order valence-electron chi connectivity index (χ3n) is 5.76. The Morgan fingerprint density at radius 3 is 2.57 bits per heavy atom. The molecule has 4 nitrogen and oxygen atoms in total. The summed E-state index contributed by atoms with van der Waals surface area (Å²) in [7, 11) is -1.02. The van der Waals surface area contributed by atoms with Crippen LogP contribution < -0.4 is 0 Å². The van der Waals surface area contributed by atoms with Crippen molar-refractivity contribution in [3.63, 3.8) is 0 Å². The molecule has 0 N–H and O–H groups in total. The summed E-state index contributed by atoms with van der Waals surface area (Å²) >= 11 is -2.27. The van der Waals surface area contributed by atoms with E-state index in [1.54, 1.807) is 0 Å². The van der Waals surface area contributed by atoms with Crippen molar-refractivity contribution in [3.8, 4) is 0 Å². The van der Waals surface area contributed by atoms with Crippen LogP contribution in [0.1, 0.15) is 39.5 Å². The van der Waals surface area contributed by atoms with Gasteiger partial charge in [-0.25, -0.2) is 0 Å². The number of esters is 1. The molecule has 0 spiro atoms. The molecule has 0 radical (unpaired) electrons. The van der Waals surface area contributed by atoms with Gasteiger partial charge in [0.25, 0.3) is 0 Å². The van der Waals surface area contributed by atoms with E-state index in [-0.39, 0.29) is 18.0 Å². The van der Waals surface area contributed by atoms with E-state index in [4.69, 9.17) is 14.2 Å². The Labute approximate surface area is 190 Å². The molecular weight excluding hydrogens is 499 g/mol. The Bertz CT molecular complexity index is 589. The first-order valence-electron chi connectivity index (χ1n) is 11.5. The molecule has 0 saturated carbocycles. The Hall–Kier alpha value is -0.114. The number of allylic oxidation sites excluding steroid dienone is 1. The molecule has 30 heavy (non-hydrogen) atoms. The summed E-state index contributed by atoms with van der Waals surface area (Å²) in [4.78, 5) is 19.2. The zero-order chi connectivity index (χ0) is 22.9. The van der Waals surface area contributed by atoms with Crippen LogP contribution in [0.3, 0.4) is 0 Å². The van der Waals surface area contributed by atoms with E-state index in [1.165, 1.54) is 15.2 Å². The predicted octanol–water partition coefficient (Wildman–Crippen LogP) is 6.43. The van der Waals surface area contributed by atoms with Gasteiger partial charge in [0.1, 0.15) is 6.79 Å². The van der Waals surface area contributed by atoms with Crippen molar-refractivity contribution >= 4 is 32.4 Å². The predicted molar refractivity (Wildman–Crippen MR) is 132 cm³/mol. The Morgan fingerprint density at radius 1 is 1.30 bits per heavy atom. The number of cyclic esters (lactones) is 1. The average Bonchev–Trinajstić information content (AvgIpc) is 2.95. The van der Waals surface area contributed by atoms with E-state index in [9.17, 15) is 4.79 Å². The third-order valence-corrected chi connectivity index (χ3v) is 14.0. The minimum absolute atomic E-state index is 0.0382. The second kappa shape index (κ2) is 12.8. The van der Waals surface area contributed by atoms with Gasteiger partial charge in [0.05, 0.1) is 0 Å². The summed E-state index contributed by atoms with van der Waals surface area (Å²) in [6.07, 6.45) is 6.23. The topological polar surface area (TPSA) is 44.8 Å². The van der Waals surface area contributed by atoms with Crippen LogP contribution in [0.2, 0.25) is 40.5 Å². The van der Waals surface area contributed by atoms with Gasteiger partial charge in [-0.15, -0.1) is 0 Å². The molecule has 0 amide bonds. The number of carbonyl (C=O) groups is 1. The standard InChI is InChI=1S/C21H37O4Si.3CH3.Sn/c1-7-19-14-20(25-21(19)22)13-17(2)9-8-10-18(3)15-24-16-23-11-12-26(4,5)6;;;;/h10,17,19-20H,1,8-9,11-16H2,2-6H3;3*1H3;/b18-10+;;;;/t17-,19?,20?;;;;/m1..../s1. The first-order valence-corrected chi connectivity index (χ1v) is 25.2. The van der Waals surface area contributed by atoms with Crippen molar-refractivity contribution in [2.24, 2.45) is 11.8 Å². The third kappa shape index (κ3) is 11.5. The summed E-state index contributed by atoms with van der Waals surface area (Å²) in [6, 6.07) is 1.17. The molecule has 1 rings (SSSR count). The number of ether oxygens (including phenoxy) is 3. The number of hydrogen-bond donors (Lipinski definition) is 0. The molecule has 6 heteroatoms. The molecule has 0 aliphatic carbocycles. The van der Waals surface area contributed by atoms with Crippen molar-refractivity contribution in [1.82, 2.24) is 0 Å². The SMILES string of the molecule is C=[C](C1CC(C[C@H](C)CC/C=C(\C)COCOCC[Si](C)(C)C)OC1=O)[Sn]([CH3])([CH3])[CH3]. The van der Waals surface area contributed by atoms with Gasteiger partial charge in [0.15, 0.2) is 0 Å². The summed E-state index contributed by atoms with van der Waals surface area (Å²) in [5, 5.41) is 0. The fourth-order valence-corrected chi connectivity index (χ4v) is 7.96. The monoisotopic (exact) mass is 546 g/mol. The van der Waals surface area contributed by atoms with Crippen molar-refractivity contribution in [1.29, 1.82) is 0 Å². The van der Waals surface area contributed by atoms with Gasteiger partial charge < -0.3 is 4.74 Å². The zero-order valence-corrected chi connectivity index (χ0v) is 24.7. The van der Waals surface area contributed by atoms with E-state index in [1.807, 2.05) is 0 Å². The Morgan fingerprint density at radius 2 is 1.97 bits per heavy atom. The van der Waals surface area contributed by atoms with Crippen molar-refractivity contribution in [2.45, 2.75) is 86.1 Å². The van der Waals surface area contributed by atoms with E-state index < -0.39 is 26.5 Å². The molecule has 1 aliphatic rings. The van der Waals surface area contributed by atoms with Gasteiger partial charge in [-0.1, -0.05) is 19.6 Å². The summed E-state index contributed by atoms with van der Waals surface area (Å²) in [5.74, 6) is 0.442. The summed E-state index contributed by atoms with van der Waals surface area (Å²) < 4.78 is 18.1. The molecule has 0 bridgehead atoms. The zero-order valence-electron chi connectivity index (χ0n) is 20.8. The van der Waals surface area contributed by atoms with Gasteiger partial charge in [-0.2, -0.15) is 0 Å². The van der Waals surface area contributed by atoms with Crippen LogP contribution >= 0.6 is 0 Å². The molecule has 1 saturated heterocycles. The van der Waals surface area contributed by atoms with Gasteiger partial charge >= 0.3 is 139 Å². The maximum atomic E-state index is 12.3. The molecule has 1 aliphatic heterocycles. The van der Waals surface area contributed by atoms with E-state index >= 15 is 0 Å². The molecule has 1 fully saturated rings.